The van der Waals surface area contributed by atoms with Crippen LogP contribution in [-0.4, -0.2) is 51.8 Å². The Kier molecular flexibility index (Phi) is 7.17. The summed E-state index contributed by atoms with van der Waals surface area (Å²) in [6, 6.07) is 19.4. The molecular weight excluding hydrogens is 464 g/mol. The standard InChI is InChI=1S/C27H30N2O7/c1-18-13-29(26(32)28-24(18)31)25-23(30)27(12-21-16-34-21,35-15-20-10-6-3-7-11-20)22(36-25)17-33-14-19-8-4-2-5-9-19/h2-11,13,21-23,25,30H,12,14-17H2,1H3,(H,28,31,32)/t21?,22-,23-,25-,27-/m1/s1. The number of aromatic amines is 1. The zero-order valence-electron chi connectivity index (χ0n) is 20.0. The predicted octanol–water partition coefficient (Wildman–Crippen LogP) is 2.06. The van der Waals surface area contributed by atoms with Gasteiger partial charge in [-0.1, -0.05) is 60.7 Å². The number of aryl methyl sites for hydroxylation is 1. The number of nitrogens with one attached hydrogen (secondary N) is 1. The molecule has 0 spiro atoms. The van der Waals surface area contributed by atoms with Crippen LogP contribution < -0.4 is 11.2 Å². The van der Waals surface area contributed by atoms with Crippen molar-refractivity contribution in [2.45, 2.75) is 56.7 Å². The van der Waals surface area contributed by atoms with E-state index in [1.54, 1.807) is 6.92 Å². The van der Waals surface area contributed by atoms with Gasteiger partial charge in [0.15, 0.2) is 6.23 Å². The molecule has 3 aromatic rings. The monoisotopic (exact) mass is 494 g/mol. The maximum Gasteiger partial charge on any atom is 0.330 e. The number of aromatic nitrogens is 2. The van der Waals surface area contributed by atoms with Gasteiger partial charge in [-0.25, -0.2) is 4.79 Å². The average Bonchev–Trinajstić information content (AvgIpc) is 3.67. The van der Waals surface area contributed by atoms with Crippen molar-refractivity contribution < 1.29 is 24.1 Å². The molecule has 2 aliphatic heterocycles. The van der Waals surface area contributed by atoms with Crippen LogP contribution in [0.15, 0.2) is 76.4 Å². The van der Waals surface area contributed by atoms with Gasteiger partial charge in [-0.2, -0.15) is 0 Å². The van der Waals surface area contributed by atoms with E-state index in [9.17, 15) is 14.7 Å². The first-order valence-electron chi connectivity index (χ1n) is 12.0. The molecule has 36 heavy (non-hydrogen) atoms. The lowest BCUT2D eigenvalue weighted by atomic mass is 9.86. The van der Waals surface area contributed by atoms with Crippen LogP contribution in [0, 0.1) is 6.92 Å². The molecule has 0 radical (unpaired) electrons. The number of benzene rings is 2. The summed E-state index contributed by atoms with van der Waals surface area (Å²) >= 11 is 0. The molecule has 5 atom stereocenters. The number of hydrogen-bond donors (Lipinski definition) is 2. The van der Waals surface area contributed by atoms with Crippen molar-refractivity contribution in [2.24, 2.45) is 0 Å². The maximum absolute atomic E-state index is 12.7. The number of rotatable bonds is 10. The van der Waals surface area contributed by atoms with Crippen LogP contribution in [0.1, 0.15) is 29.3 Å². The lowest BCUT2D eigenvalue weighted by molar-refractivity contribution is -0.157. The number of nitrogens with zero attached hydrogens (tertiary/aromatic N) is 1. The molecule has 3 heterocycles. The van der Waals surface area contributed by atoms with Gasteiger partial charge in [0, 0.05) is 18.2 Å². The first-order valence-corrected chi connectivity index (χ1v) is 12.0. The minimum absolute atomic E-state index is 0.0940. The maximum atomic E-state index is 12.7. The summed E-state index contributed by atoms with van der Waals surface area (Å²) in [6.45, 7) is 2.86. The normalized spacial score (nSPS) is 27.3. The lowest BCUT2D eigenvalue weighted by Gasteiger charge is -2.36. The van der Waals surface area contributed by atoms with Gasteiger partial charge in [0.2, 0.25) is 0 Å². The molecule has 0 aliphatic carbocycles. The van der Waals surface area contributed by atoms with Crippen LogP contribution in [0.3, 0.4) is 0 Å². The second-order valence-corrected chi connectivity index (χ2v) is 9.33. The molecule has 2 saturated heterocycles. The molecule has 9 nitrogen and oxygen atoms in total. The van der Waals surface area contributed by atoms with E-state index in [4.69, 9.17) is 18.9 Å². The molecular formula is C27H30N2O7. The number of H-pyrrole nitrogens is 1. The molecule has 2 aliphatic rings. The summed E-state index contributed by atoms with van der Waals surface area (Å²) in [6.07, 6.45) is -1.32. The largest absolute Gasteiger partial charge is 0.385 e. The third-order valence-electron chi connectivity index (χ3n) is 6.72. The van der Waals surface area contributed by atoms with Crippen molar-refractivity contribution in [3.63, 3.8) is 0 Å². The van der Waals surface area contributed by atoms with Crippen LogP contribution >= 0.6 is 0 Å². The zero-order valence-corrected chi connectivity index (χ0v) is 20.0. The fraction of sp³-hybridized carbons (Fsp3) is 0.407. The average molecular weight is 495 g/mol. The van der Waals surface area contributed by atoms with E-state index in [1.807, 2.05) is 60.7 Å². The van der Waals surface area contributed by atoms with E-state index in [0.29, 0.717) is 25.2 Å². The minimum Gasteiger partial charge on any atom is -0.385 e. The Morgan fingerprint density at radius 3 is 2.33 bits per heavy atom. The van der Waals surface area contributed by atoms with Crippen LogP contribution in [0.2, 0.25) is 0 Å². The molecule has 0 saturated carbocycles. The molecule has 2 N–H and O–H groups in total. The van der Waals surface area contributed by atoms with Crippen LogP contribution in [0.5, 0.6) is 0 Å². The van der Waals surface area contributed by atoms with Gasteiger partial charge in [0.1, 0.15) is 17.8 Å². The van der Waals surface area contributed by atoms with E-state index < -0.39 is 35.3 Å². The fourth-order valence-corrected chi connectivity index (χ4v) is 4.64. The van der Waals surface area contributed by atoms with Crippen LogP contribution in [0.25, 0.3) is 0 Å². The Hall–Kier alpha value is -3.08. The third-order valence-corrected chi connectivity index (χ3v) is 6.72. The van der Waals surface area contributed by atoms with Crippen molar-refractivity contribution in [3.8, 4) is 0 Å². The number of epoxide rings is 1. The Labute approximate surface area is 208 Å². The second-order valence-electron chi connectivity index (χ2n) is 9.33. The van der Waals surface area contributed by atoms with E-state index in [1.165, 1.54) is 10.8 Å². The third kappa shape index (κ3) is 5.21. The highest BCUT2D eigenvalue weighted by Crippen LogP contribution is 2.45. The van der Waals surface area contributed by atoms with Crippen molar-refractivity contribution in [1.29, 1.82) is 0 Å². The Bertz CT molecular complexity index is 1270. The second kappa shape index (κ2) is 10.5. The van der Waals surface area contributed by atoms with Crippen molar-refractivity contribution in [1.82, 2.24) is 9.55 Å². The Morgan fingerprint density at radius 2 is 1.69 bits per heavy atom. The van der Waals surface area contributed by atoms with Gasteiger partial charge in [-0.05, 0) is 18.1 Å². The van der Waals surface area contributed by atoms with Gasteiger partial charge in [0.05, 0.1) is 32.5 Å². The molecule has 1 aromatic heterocycles. The quantitative estimate of drug-likeness (QED) is 0.415. The molecule has 0 bridgehead atoms. The summed E-state index contributed by atoms with van der Waals surface area (Å²) in [5.74, 6) is 0. The molecule has 9 heteroatoms. The number of hydrogen-bond acceptors (Lipinski definition) is 7. The lowest BCUT2D eigenvalue weighted by Crippen LogP contribution is -2.53. The molecule has 2 fully saturated rings. The zero-order chi connectivity index (χ0) is 25.1. The number of ether oxygens (including phenoxy) is 4. The van der Waals surface area contributed by atoms with Crippen molar-refractivity contribution in [3.05, 3.63) is 104 Å². The minimum atomic E-state index is -1.22. The fourth-order valence-electron chi connectivity index (χ4n) is 4.64. The number of aliphatic hydroxyl groups is 1. The molecule has 190 valence electrons. The van der Waals surface area contributed by atoms with E-state index in [-0.39, 0.29) is 19.3 Å². The smallest absolute Gasteiger partial charge is 0.330 e. The molecule has 5 rings (SSSR count). The van der Waals surface area contributed by atoms with E-state index >= 15 is 0 Å². The highest BCUT2D eigenvalue weighted by molar-refractivity contribution is 5.16. The summed E-state index contributed by atoms with van der Waals surface area (Å²) < 4.78 is 25.5. The molecule has 2 aromatic carbocycles. The first kappa shape index (κ1) is 24.6. The Balaban J connectivity index is 1.45. The SMILES string of the molecule is Cc1cn([C@@H]2O[C@H](COCc3ccccc3)[C@@](CC3CO3)(OCc3ccccc3)[C@@H]2O)c(=O)[nH]c1=O. The first-order chi connectivity index (χ1) is 17.5. The van der Waals surface area contributed by atoms with Crippen molar-refractivity contribution >= 4 is 0 Å². The van der Waals surface area contributed by atoms with Gasteiger partial charge in [-0.15, -0.1) is 0 Å². The van der Waals surface area contributed by atoms with Gasteiger partial charge >= 0.3 is 5.69 Å². The highest BCUT2D eigenvalue weighted by atomic mass is 16.6. The van der Waals surface area contributed by atoms with E-state index in [2.05, 4.69) is 4.98 Å². The topological polar surface area (TPSA) is 115 Å². The van der Waals surface area contributed by atoms with Gasteiger partial charge in [-0.3, -0.25) is 14.3 Å². The van der Waals surface area contributed by atoms with E-state index in [0.717, 1.165) is 11.1 Å². The molecule has 1 unspecified atom stereocenters. The number of aliphatic hydroxyl groups excluding tert-OH is 1. The van der Waals surface area contributed by atoms with Gasteiger partial charge < -0.3 is 24.1 Å². The van der Waals surface area contributed by atoms with Crippen LogP contribution in [0.4, 0.5) is 0 Å². The van der Waals surface area contributed by atoms with Gasteiger partial charge in [0.25, 0.3) is 5.56 Å². The highest BCUT2D eigenvalue weighted by Gasteiger charge is 2.60. The summed E-state index contributed by atoms with van der Waals surface area (Å²) in [4.78, 5) is 26.9. The Morgan fingerprint density at radius 1 is 1.06 bits per heavy atom. The summed E-state index contributed by atoms with van der Waals surface area (Å²) in [7, 11) is 0. The van der Waals surface area contributed by atoms with Crippen molar-refractivity contribution in [2.75, 3.05) is 13.2 Å². The summed E-state index contributed by atoms with van der Waals surface area (Å²) in [5.41, 5.74) is -0.0891. The molecule has 0 amide bonds. The predicted molar refractivity (Wildman–Crippen MR) is 130 cm³/mol. The van der Waals surface area contributed by atoms with Crippen LogP contribution in [-0.2, 0) is 32.2 Å². The summed E-state index contributed by atoms with van der Waals surface area (Å²) in [5, 5.41) is 11.7.